The molecular formula is C22H26FN3O5. The highest BCUT2D eigenvalue weighted by Crippen LogP contribution is 2.49. The number of halogens is 1. The fourth-order valence-electron chi connectivity index (χ4n) is 4.70. The van der Waals surface area contributed by atoms with Gasteiger partial charge in [0.25, 0.3) is 0 Å². The van der Waals surface area contributed by atoms with Crippen molar-refractivity contribution >= 4 is 5.82 Å². The summed E-state index contributed by atoms with van der Waals surface area (Å²) in [6.45, 7) is 3.80. The molecule has 2 aromatic rings. The first kappa shape index (κ1) is 20.6. The van der Waals surface area contributed by atoms with Gasteiger partial charge in [-0.1, -0.05) is 6.92 Å². The van der Waals surface area contributed by atoms with Crippen molar-refractivity contribution in [2.24, 2.45) is 0 Å². The average molecular weight is 431 g/mol. The van der Waals surface area contributed by atoms with Crippen molar-refractivity contribution in [1.29, 1.82) is 0 Å². The summed E-state index contributed by atoms with van der Waals surface area (Å²) in [5.41, 5.74) is 1.75. The molecule has 9 heteroatoms. The average Bonchev–Trinajstić information content (AvgIpc) is 3.39. The van der Waals surface area contributed by atoms with Crippen LogP contribution < -0.4 is 5.32 Å². The summed E-state index contributed by atoms with van der Waals surface area (Å²) in [6.07, 6.45) is 1.19. The van der Waals surface area contributed by atoms with E-state index in [1.165, 1.54) is 6.07 Å². The van der Waals surface area contributed by atoms with Crippen molar-refractivity contribution < 1.29 is 28.8 Å². The maximum Gasteiger partial charge on any atom is 0.155 e. The number of aliphatic hydroxyl groups is 1. The molecule has 3 aliphatic heterocycles. The summed E-state index contributed by atoms with van der Waals surface area (Å²) in [5.74, 6) is -0.215. The van der Waals surface area contributed by atoms with Crippen LogP contribution in [0.1, 0.15) is 36.5 Å². The van der Waals surface area contributed by atoms with Crippen LogP contribution in [0.5, 0.6) is 5.75 Å². The Bertz CT molecular complexity index is 972. The molecule has 3 N–H and O–H groups in total. The molecule has 1 aromatic carbocycles. The molecule has 5 rings (SSSR count). The van der Waals surface area contributed by atoms with Crippen LogP contribution in [-0.2, 0) is 32.8 Å². The number of aliphatic hydroxyl groups excluding tert-OH is 1. The molecule has 0 saturated carbocycles. The number of aromatic hydroxyl groups is 1. The zero-order chi connectivity index (χ0) is 21.6. The minimum Gasteiger partial charge on any atom is -0.507 e. The fourth-order valence-corrected chi connectivity index (χ4v) is 4.70. The number of phenolic OH excluding ortho intramolecular Hbond substituents is 1. The molecule has 166 valence electrons. The number of phenols is 1. The molecule has 0 amide bonds. The minimum absolute atomic E-state index is 0.0261. The molecule has 0 aliphatic carbocycles. The Labute approximate surface area is 179 Å². The Balaban J connectivity index is 1.63. The lowest BCUT2D eigenvalue weighted by molar-refractivity contribution is -0.0420. The van der Waals surface area contributed by atoms with Crippen LogP contribution in [0.15, 0.2) is 12.1 Å². The molecule has 3 atom stereocenters. The molecule has 0 bridgehead atoms. The molecule has 1 aromatic heterocycles. The molecule has 4 heterocycles. The number of hydrogen-bond donors (Lipinski definition) is 3. The van der Waals surface area contributed by atoms with E-state index in [1.807, 2.05) is 6.92 Å². The van der Waals surface area contributed by atoms with E-state index in [9.17, 15) is 14.6 Å². The maximum absolute atomic E-state index is 15.0. The molecule has 2 saturated heterocycles. The topological polar surface area (TPSA) is 106 Å². The summed E-state index contributed by atoms with van der Waals surface area (Å²) in [4.78, 5) is 0. The number of hydrogen-bond acceptors (Lipinski definition) is 8. The van der Waals surface area contributed by atoms with E-state index in [1.54, 1.807) is 6.07 Å². The van der Waals surface area contributed by atoms with E-state index < -0.39 is 17.5 Å². The first-order valence-corrected chi connectivity index (χ1v) is 10.7. The van der Waals surface area contributed by atoms with Crippen LogP contribution in [0.2, 0.25) is 0 Å². The number of rotatable bonds is 4. The Morgan fingerprint density at radius 1 is 1.26 bits per heavy atom. The van der Waals surface area contributed by atoms with Gasteiger partial charge < -0.3 is 29.7 Å². The van der Waals surface area contributed by atoms with Crippen LogP contribution in [0.25, 0.3) is 11.3 Å². The van der Waals surface area contributed by atoms with Gasteiger partial charge in [0.2, 0.25) is 0 Å². The van der Waals surface area contributed by atoms with E-state index in [0.29, 0.717) is 56.0 Å². The zero-order valence-electron chi connectivity index (χ0n) is 17.4. The SMILES string of the molecule is CCc1cc(O)c(-c2nnc(N[C@@H]3CCOC[C@H]3O)c3c2CO[C@]32CCOC2)c(F)c1. The summed E-state index contributed by atoms with van der Waals surface area (Å²) in [7, 11) is 0. The summed E-state index contributed by atoms with van der Waals surface area (Å²) in [5, 5.41) is 32.9. The van der Waals surface area contributed by atoms with E-state index in [4.69, 9.17) is 14.2 Å². The van der Waals surface area contributed by atoms with Crippen molar-refractivity contribution in [2.75, 3.05) is 31.7 Å². The second-order valence-electron chi connectivity index (χ2n) is 8.34. The molecule has 3 aliphatic rings. The maximum atomic E-state index is 15.0. The van der Waals surface area contributed by atoms with Crippen molar-refractivity contribution in [2.45, 2.75) is 50.5 Å². The normalized spacial score (nSPS) is 27.6. The predicted octanol–water partition coefficient (Wildman–Crippen LogP) is 2.26. The van der Waals surface area contributed by atoms with Gasteiger partial charge in [-0.25, -0.2) is 4.39 Å². The van der Waals surface area contributed by atoms with Gasteiger partial charge >= 0.3 is 0 Å². The molecule has 1 spiro atoms. The van der Waals surface area contributed by atoms with Gasteiger partial charge in [-0.05, 0) is 30.5 Å². The number of aromatic nitrogens is 2. The van der Waals surface area contributed by atoms with E-state index in [2.05, 4.69) is 15.5 Å². The van der Waals surface area contributed by atoms with Gasteiger partial charge in [0.15, 0.2) is 5.82 Å². The van der Waals surface area contributed by atoms with Crippen LogP contribution >= 0.6 is 0 Å². The van der Waals surface area contributed by atoms with Crippen molar-refractivity contribution in [3.05, 3.63) is 34.6 Å². The number of fused-ring (bicyclic) bond motifs is 2. The monoisotopic (exact) mass is 431 g/mol. The molecular weight excluding hydrogens is 405 g/mol. The van der Waals surface area contributed by atoms with E-state index >= 15 is 0 Å². The Kier molecular flexibility index (Phi) is 5.29. The van der Waals surface area contributed by atoms with Gasteiger partial charge in [0, 0.05) is 30.8 Å². The van der Waals surface area contributed by atoms with Gasteiger partial charge in [-0.3, -0.25) is 0 Å². The van der Waals surface area contributed by atoms with Crippen molar-refractivity contribution in [3.63, 3.8) is 0 Å². The lowest BCUT2D eigenvalue weighted by Gasteiger charge is -2.31. The van der Waals surface area contributed by atoms with Gasteiger partial charge in [0.1, 0.15) is 22.9 Å². The van der Waals surface area contributed by atoms with E-state index in [0.717, 1.165) is 5.56 Å². The van der Waals surface area contributed by atoms with Crippen LogP contribution in [-0.4, -0.2) is 59.0 Å². The van der Waals surface area contributed by atoms with E-state index in [-0.39, 0.29) is 36.3 Å². The lowest BCUT2D eigenvalue weighted by Crippen LogP contribution is -2.42. The number of ether oxygens (including phenoxy) is 3. The molecule has 0 radical (unpaired) electrons. The number of benzene rings is 1. The largest absolute Gasteiger partial charge is 0.507 e. The van der Waals surface area contributed by atoms with Gasteiger partial charge in [-0.2, -0.15) is 0 Å². The first-order valence-electron chi connectivity index (χ1n) is 10.7. The summed E-state index contributed by atoms with van der Waals surface area (Å²) >= 11 is 0. The second kappa shape index (κ2) is 7.98. The third-order valence-electron chi connectivity index (χ3n) is 6.43. The lowest BCUT2D eigenvalue weighted by atomic mass is 9.89. The third-order valence-corrected chi connectivity index (χ3v) is 6.43. The Morgan fingerprint density at radius 3 is 2.84 bits per heavy atom. The van der Waals surface area contributed by atoms with Gasteiger partial charge in [0.05, 0.1) is 37.5 Å². The number of nitrogens with one attached hydrogen (secondary N) is 1. The van der Waals surface area contributed by atoms with Crippen molar-refractivity contribution in [1.82, 2.24) is 10.2 Å². The Morgan fingerprint density at radius 2 is 2.13 bits per heavy atom. The van der Waals surface area contributed by atoms with Gasteiger partial charge in [-0.15, -0.1) is 10.2 Å². The number of nitrogens with zero attached hydrogens (tertiary/aromatic N) is 2. The smallest absolute Gasteiger partial charge is 0.155 e. The molecule has 2 fully saturated rings. The van der Waals surface area contributed by atoms with Crippen LogP contribution in [0.3, 0.4) is 0 Å². The Hall–Kier alpha value is -2.33. The number of aryl methyl sites for hydroxylation is 1. The molecule has 31 heavy (non-hydrogen) atoms. The predicted molar refractivity (Wildman–Crippen MR) is 109 cm³/mol. The van der Waals surface area contributed by atoms with Crippen LogP contribution in [0, 0.1) is 5.82 Å². The summed E-state index contributed by atoms with van der Waals surface area (Å²) < 4.78 is 32.1. The summed E-state index contributed by atoms with van der Waals surface area (Å²) in [6, 6.07) is 2.73. The minimum atomic E-state index is -0.700. The van der Waals surface area contributed by atoms with Crippen molar-refractivity contribution in [3.8, 4) is 17.0 Å². The highest BCUT2D eigenvalue weighted by Gasteiger charge is 2.48. The first-order chi connectivity index (χ1) is 15.0. The molecule has 8 nitrogen and oxygen atoms in total. The van der Waals surface area contributed by atoms with Crippen LogP contribution in [0.4, 0.5) is 10.2 Å². The number of anilines is 1. The standard InChI is InChI=1S/C22H26FN3O5/c1-2-12-7-14(23)18(16(27)8-12)20-13-9-31-22(4-6-30-11-22)19(13)21(26-25-20)24-15-3-5-29-10-17(15)28/h7-8,15,17,27-28H,2-6,9-11H2,1H3,(H,24,26)/t15-,17-,22+/m1/s1. The highest BCUT2D eigenvalue weighted by molar-refractivity contribution is 5.74. The fraction of sp³-hybridized carbons (Fsp3) is 0.545. The molecule has 0 unspecified atom stereocenters. The second-order valence-corrected chi connectivity index (χ2v) is 8.34. The third kappa shape index (κ3) is 3.45. The quantitative estimate of drug-likeness (QED) is 0.677. The zero-order valence-corrected chi connectivity index (χ0v) is 17.4. The highest BCUT2D eigenvalue weighted by atomic mass is 19.1.